The van der Waals surface area contributed by atoms with Gasteiger partial charge in [0.1, 0.15) is 17.1 Å². The summed E-state index contributed by atoms with van der Waals surface area (Å²) in [5.41, 5.74) is 0.622. The molecule has 0 bridgehead atoms. The van der Waals surface area contributed by atoms with Crippen LogP contribution in [-0.2, 0) is 0 Å². The highest BCUT2D eigenvalue weighted by Crippen LogP contribution is 2.45. The highest BCUT2D eigenvalue weighted by atomic mass is 16.5. The van der Waals surface area contributed by atoms with Gasteiger partial charge in [0, 0.05) is 12.0 Å². The summed E-state index contributed by atoms with van der Waals surface area (Å²) < 4.78 is 11.4. The fourth-order valence-corrected chi connectivity index (χ4v) is 3.27. The Morgan fingerprint density at radius 3 is 2.84 bits per heavy atom. The minimum absolute atomic E-state index is 0.230. The maximum absolute atomic E-state index is 10.4. The quantitative estimate of drug-likeness (QED) is 0.906. The van der Waals surface area contributed by atoms with E-state index in [0.29, 0.717) is 6.42 Å². The molecular formula is C16H22O3. The summed E-state index contributed by atoms with van der Waals surface area (Å²) in [5.74, 6) is 2.35. The lowest BCUT2D eigenvalue weighted by atomic mass is 9.75. The maximum Gasteiger partial charge on any atom is 0.126 e. The number of hydrogen-bond acceptors (Lipinski definition) is 3. The van der Waals surface area contributed by atoms with Crippen molar-refractivity contribution < 1.29 is 14.6 Å². The topological polar surface area (TPSA) is 38.7 Å². The molecule has 19 heavy (non-hydrogen) atoms. The monoisotopic (exact) mass is 262 g/mol. The first-order chi connectivity index (χ1) is 9.09. The molecule has 1 aliphatic carbocycles. The Morgan fingerprint density at radius 2 is 2.21 bits per heavy atom. The van der Waals surface area contributed by atoms with Gasteiger partial charge in [0.05, 0.1) is 13.2 Å². The highest BCUT2D eigenvalue weighted by molar-refractivity contribution is 5.43. The molecule has 3 heteroatoms. The van der Waals surface area contributed by atoms with E-state index in [9.17, 15) is 5.11 Å². The van der Waals surface area contributed by atoms with Gasteiger partial charge < -0.3 is 14.6 Å². The molecule has 1 aliphatic heterocycles. The molecule has 0 spiro atoms. The van der Waals surface area contributed by atoms with E-state index < -0.39 is 6.10 Å². The van der Waals surface area contributed by atoms with Gasteiger partial charge in [-0.05, 0) is 37.5 Å². The predicted octanol–water partition coefficient (Wildman–Crippen LogP) is 3.46. The van der Waals surface area contributed by atoms with Gasteiger partial charge in [-0.1, -0.05) is 19.3 Å². The first-order valence-electron chi connectivity index (χ1n) is 7.15. The molecule has 0 radical (unpaired) electrons. The molecule has 1 aromatic carbocycles. The number of benzene rings is 1. The van der Waals surface area contributed by atoms with Crippen LogP contribution in [0.25, 0.3) is 0 Å². The molecule has 2 aliphatic rings. The number of aliphatic hydroxyl groups is 1. The average molecular weight is 262 g/mol. The molecule has 0 saturated heterocycles. The Labute approximate surface area is 114 Å². The Balaban J connectivity index is 1.82. The van der Waals surface area contributed by atoms with Crippen LogP contribution in [0.3, 0.4) is 0 Å². The van der Waals surface area contributed by atoms with E-state index in [-0.39, 0.29) is 5.60 Å². The van der Waals surface area contributed by atoms with Gasteiger partial charge in [-0.2, -0.15) is 0 Å². The number of rotatable bonds is 3. The normalized spacial score (nSPS) is 30.2. The Kier molecular flexibility index (Phi) is 3.17. The maximum atomic E-state index is 10.4. The van der Waals surface area contributed by atoms with Gasteiger partial charge in [-0.3, -0.25) is 0 Å². The van der Waals surface area contributed by atoms with Crippen LogP contribution in [0.5, 0.6) is 11.5 Å². The van der Waals surface area contributed by atoms with Crippen LogP contribution in [0.1, 0.15) is 50.7 Å². The van der Waals surface area contributed by atoms with Crippen LogP contribution in [0, 0.1) is 5.92 Å². The number of fused-ring (bicyclic) bond motifs is 1. The van der Waals surface area contributed by atoms with Crippen LogP contribution >= 0.6 is 0 Å². The van der Waals surface area contributed by atoms with Crippen molar-refractivity contribution in [2.24, 2.45) is 5.92 Å². The number of methoxy groups -OCH3 is 1. The molecule has 2 unspecified atom stereocenters. The summed E-state index contributed by atoms with van der Waals surface area (Å²) in [5, 5.41) is 10.4. The molecule has 104 valence electrons. The number of hydrogen-bond donors (Lipinski definition) is 1. The van der Waals surface area contributed by atoms with Crippen molar-refractivity contribution in [3.05, 3.63) is 23.8 Å². The molecule has 1 aromatic rings. The van der Waals surface area contributed by atoms with Crippen LogP contribution in [0.4, 0.5) is 0 Å². The van der Waals surface area contributed by atoms with Crippen molar-refractivity contribution in [3.63, 3.8) is 0 Å². The first kappa shape index (κ1) is 12.8. The zero-order valence-corrected chi connectivity index (χ0v) is 11.7. The zero-order valence-electron chi connectivity index (χ0n) is 11.7. The Morgan fingerprint density at radius 1 is 1.42 bits per heavy atom. The van der Waals surface area contributed by atoms with Crippen LogP contribution < -0.4 is 9.47 Å². The third-order valence-electron chi connectivity index (χ3n) is 4.50. The van der Waals surface area contributed by atoms with E-state index in [2.05, 4.69) is 6.92 Å². The van der Waals surface area contributed by atoms with Gasteiger partial charge in [-0.15, -0.1) is 0 Å². The second kappa shape index (κ2) is 4.71. The van der Waals surface area contributed by atoms with E-state index in [4.69, 9.17) is 9.47 Å². The fraction of sp³-hybridized carbons (Fsp3) is 0.625. The van der Waals surface area contributed by atoms with Gasteiger partial charge in [0.2, 0.25) is 0 Å². The largest absolute Gasteiger partial charge is 0.497 e. The molecule has 1 fully saturated rings. The molecule has 0 amide bonds. The third-order valence-corrected chi connectivity index (χ3v) is 4.50. The van der Waals surface area contributed by atoms with Crippen molar-refractivity contribution >= 4 is 0 Å². The van der Waals surface area contributed by atoms with E-state index >= 15 is 0 Å². The fourth-order valence-electron chi connectivity index (χ4n) is 3.27. The molecule has 3 rings (SSSR count). The van der Waals surface area contributed by atoms with Crippen LogP contribution in [-0.4, -0.2) is 17.8 Å². The Bertz CT molecular complexity index is 467. The third kappa shape index (κ3) is 2.44. The van der Waals surface area contributed by atoms with Gasteiger partial charge in [-0.25, -0.2) is 0 Å². The summed E-state index contributed by atoms with van der Waals surface area (Å²) >= 11 is 0. The lowest BCUT2D eigenvalue weighted by molar-refractivity contribution is -0.0249. The standard InChI is InChI=1S/C16H22O3/c1-16(9-11-4-3-5-11)10-14(17)13-8-12(18-2)6-7-15(13)19-16/h6-8,11,14,17H,3-5,9-10H2,1-2H3. The summed E-state index contributed by atoms with van der Waals surface area (Å²) in [4.78, 5) is 0. The molecule has 1 saturated carbocycles. The minimum Gasteiger partial charge on any atom is -0.497 e. The van der Waals surface area contributed by atoms with E-state index in [1.807, 2.05) is 18.2 Å². The molecule has 0 aromatic heterocycles. The first-order valence-corrected chi connectivity index (χ1v) is 7.15. The van der Waals surface area contributed by atoms with E-state index in [1.54, 1.807) is 7.11 Å². The SMILES string of the molecule is COc1ccc2c(c1)C(O)CC(C)(CC1CCC1)O2. The van der Waals surface area contributed by atoms with E-state index in [0.717, 1.165) is 29.4 Å². The van der Waals surface area contributed by atoms with Gasteiger partial charge in [0.15, 0.2) is 0 Å². The number of aliphatic hydroxyl groups excluding tert-OH is 1. The van der Waals surface area contributed by atoms with Gasteiger partial charge >= 0.3 is 0 Å². The average Bonchev–Trinajstić information content (AvgIpc) is 2.34. The van der Waals surface area contributed by atoms with Crippen LogP contribution in [0.2, 0.25) is 0 Å². The van der Waals surface area contributed by atoms with Crippen molar-refractivity contribution in [2.45, 2.75) is 50.7 Å². The highest BCUT2D eigenvalue weighted by Gasteiger charge is 2.39. The van der Waals surface area contributed by atoms with Crippen molar-refractivity contribution in [1.29, 1.82) is 0 Å². The second-order valence-corrected chi connectivity index (χ2v) is 6.18. The van der Waals surface area contributed by atoms with Crippen molar-refractivity contribution in [3.8, 4) is 11.5 Å². The molecule has 1 heterocycles. The van der Waals surface area contributed by atoms with Crippen LogP contribution in [0.15, 0.2) is 18.2 Å². The predicted molar refractivity (Wildman–Crippen MR) is 73.6 cm³/mol. The number of ether oxygens (including phenoxy) is 2. The summed E-state index contributed by atoms with van der Waals surface area (Å²) in [6.07, 6.45) is 5.23. The van der Waals surface area contributed by atoms with E-state index in [1.165, 1.54) is 19.3 Å². The van der Waals surface area contributed by atoms with Crippen molar-refractivity contribution in [2.75, 3.05) is 7.11 Å². The van der Waals surface area contributed by atoms with Gasteiger partial charge in [0.25, 0.3) is 0 Å². The smallest absolute Gasteiger partial charge is 0.126 e. The Hall–Kier alpha value is -1.22. The van der Waals surface area contributed by atoms with Crippen molar-refractivity contribution in [1.82, 2.24) is 0 Å². The lowest BCUT2D eigenvalue weighted by Gasteiger charge is -2.42. The summed E-state index contributed by atoms with van der Waals surface area (Å²) in [6, 6.07) is 5.68. The molecule has 2 atom stereocenters. The molecular weight excluding hydrogens is 240 g/mol. The molecule has 1 N–H and O–H groups in total. The minimum atomic E-state index is -0.455. The lowest BCUT2D eigenvalue weighted by Crippen LogP contribution is -2.41. The second-order valence-electron chi connectivity index (χ2n) is 6.18. The zero-order chi connectivity index (χ0) is 13.5. The summed E-state index contributed by atoms with van der Waals surface area (Å²) in [7, 11) is 1.64. The molecule has 3 nitrogen and oxygen atoms in total. The summed E-state index contributed by atoms with van der Waals surface area (Å²) in [6.45, 7) is 2.13.